The normalized spacial score (nSPS) is 11.2. The van der Waals surface area contributed by atoms with Crippen LogP contribution in [0.15, 0.2) is 42.6 Å². The van der Waals surface area contributed by atoms with Crippen molar-refractivity contribution in [3.8, 4) is 5.75 Å². The van der Waals surface area contributed by atoms with Crippen LogP contribution in [-0.2, 0) is 6.54 Å². The Labute approximate surface area is 112 Å². The summed E-state index contributed by atoms with van der Waals surface area (Å²) >= 11 is 0. The Hall–Kier alpha value is -2.20. The van der Waals surface area contributed by atoms with Crippen LogP contribution >= 0.6 is 0 Å². The van der Waals surface area contributed by atoms with E-state index in [4.69, 9.17) is 5.73 Å². The molecule has 0 atom stereocenters. The summed E-state index contributed by atoms with van der Waals surface area (Å²) in [5.74, 6) is 0.164. The van der Waals surface area contributed by atoms with Crippen LogP contribution in [0.4, 0.5) is 5.69 Å². The number of nitrogens with two attached hydrogens (primary N) is 1. The van der Waals surface area contributed by atoms with Gasteiger partial charge in [-0.2, -0.15) is 0 Å². The molecule has 0 aliphatic rings. The second-order valence-electron chi connectivity index (χ2n) is 4.32. The second kappa shape index (κ2) is 6.11. The maximum Gasteiger partial charge on any atom is 0.143 e. The van der Waals surface area contributed by atoms with Gasteiger partial charge in [-0.15, -0.1) is 0 Å². The highest BCUT2D eigenvalue weighted by Crippen LogP contribution is 2.32. The maximum atomic E-state index is 10.1. The van der Waals surface area contributed by atoms with Gasteiger partial charge in [-0.25, -0.2) is 0 Å². The van der Waals surface area contributed by atoms with E-state index in [2.05, 4.69) is 10.6 Å². The highest BCUT2D eigenvalue weighted by Gasteiger charge is 2.09. The predicted molar refractivity (Wildman–Crippen MR) is 79.7 cm³/mol. The molecule has 2 aromatic carbocycles. The Morgan fingerprint density at radius 1 is 1.32 bits per heavy atom. The Bertz CT molecular complexity index is 593. The predicted octanol–water partition coefficient (Wildman–Crippen LogP) is 2.30. The van der Waals surface area contributed by atoms with E-state index in [0.717, 1.165) is 16.3 Å². The van der Waals surface area contributed by atoms with Crippen LogP contribution in [0.2, 0.25) is 0 Å². The molecule has 2 rings (SSSR count). The zero-order valence-electron chi connectivity index (χ0n) is 11.0. The molecule has 0 unspecified atom stereocenters. The van der Waals surface area contributed by atoms with Crippen LogP contribution in [-0.4, -0.2) is 11.8 Å². The lowest BCUT2D eigenvalue weighted by Gasteiger charge is -2.12. The summed E-state index contributed by atoms with van der Waals surface area (Å²) in [6.07, 6.45) is 3.79. The summed E-state index contributed by atoms with van der Waals surface area (Å²) in [6, 6.07) is 9.70. The minimum absolute atomic E-state index is 0.164. The smallest absolute Gasteiger partial charge is 0.143 e. The molecule has 5 N–H and O–H groups in total. The van der Waals surface area contributed by atoms with Gasteiger partial charge in [-0.1, -0.05) is 30.3 Å². The molecule has 0 aliphatic carbocycles. The van der Waals surface area contributed by atoms with Crippen molar-refractivity contribution in [2.24, 2.45) is 0 Å². The minimum Gasteiger partial charge on any atom is -0.505 e. The fourth-order valence-corrected chi connectivity index (χ4v) is 2.05. The van der Waals surface area contributed by atoms with Gasteiger partial charge in [0.2, 0.25) is 0 Å². The Morgan fingerprint density at radius 3 is 2.89 bits per heavy atom. The Balaban J connectivity index is 2.23. The molecule has 19 heavy (non-hydrogen) atoms. The molecular weight excluding hydrogens is 238 g/mol. The molecule has 0 amide bonds. The van der Waals surface area contributed by atoms with Gasteiger partial charge >= 0.3 is 0 Å². The number of anilines is 1. The summed E-state index contributed by atoms with van der Waals surface area (Å²) in [4.78, 5) is 0. The standard InChI is InChI=1S/C15H19N3O/c1-2-7-17-10-18-9-13-12-6-4-3-5-11(12)8-14(16)15(13)19/h2-8,17-19H,9-10,16H2,1H3/b7-2-. The molecule has 0 spiro atoms. The Kier molecular flexibility index (Phi) is 4.26. The summed E-state index contributed by atoms with van der Waals surface area (Å²) < 4.78 is 0. The number of hydrogen-bond acceptors (Lipinski definition) is 4. The average Bonchev–Trinajstić information content (AvgIpc) is 2.42. The molecule has 0 aromatic heterocycles. The third-order valence-electron chi connectivity index (χ3n) is 2.97. The first-order chi connectivity index (χ1) is 9.24. The second-order valence-corrected chi connectivity index (χ2v) is 4.32. The number of phenolic OH excluding ortho intramolecular Hbond substituents is 1. The number of aromatic hydroxyl groups is 1. The van der Waals surface area contributed by atoms with Gasteiger partial charge in [0.25, 0.3) is 0 Å². The van der Waals surface area contributed by atoms with Crippen molar-refractivity contribution in [1.82, 2.24) is 10.6 Å². The molecule has 0 radical (unpaired) electrons. The largest absolute Gasteiger partial charge is 0.505 e. The van der Waals surface area contributed by atoms with Crippen LogP contribution in [0.25, 0.3) is 10.8 Å². The van der Waals surface area contributed by atoms with E-state index in [9.17, 15) is 5.11 Å². The molecule has 2 aromatic rings. The first kappa shape index (κ1) is 13.2. The fourth-order valence-electron chi connectivity index (χ4n) is 2.05. The van der Waals surface area contributed by atoms with Crippen molar-refractivity contribution in [2.75, 3.05) is 12.4 Å². The van der Waals surface area contributed by atoms with E-state index in [-0.39, 0.29) is 5.75 Å². The molecule has 0 saturated carbocycles. The van der Waals surface area contributed by atoms with Gasteiger partial charge in [-0.3, -0.25) is 5.32 Å². The van der Waals surface area contributed by atoms with Crippen molar-refractivity contribution in [3.63, 3.8) is 0 Å². The van der Waals surface area contributed by atoms with Crippen LogP contribution in [0.5, 0.6) is 5.75 Å². The average molecular weight is 257 g/mol. The maximum absolute atomic E-state index is 10.1. The highest BCUT2D eigenvalue weighted by atomic mass is 16.3. The molecule has 0 fully saturated rings. The third kappa shape index (κ3) is 2.98. The van der Waals surface area contributed by atoms with Gasteiger partial charge in [0.15, 0.2) is 0 Å². The molecular formula is C15H19N3O. The molecule has 0 heterocycles. The van der Waals surface area contributed by atoms with Gasteiger partial charge < -0.3 is 16.2 Å². The van der Waals surface area contributed by atoms with Crippen LogP contribution in [0.3, 0.4) is 0 Å². The molecule has 4 heteroatoms. The summed E-state index contributed by atoms with van der Waals surface area (Å²) in [5.41, 5.74) is 7.08. The van der Waals surface area contributed by atoms with Crippen molar-refractivity contribution in [3.05, 3.63) is 48.2 Å². The van der Waals surface area contributed by atoms with Crippen molar-refractivity contribution >= 4 is 16.5 Å². The number of rotatable bonds is 5. The number of fused-ring (bicyclic) bond motifs is 1. The first-order valence-electron chi connectivity index (χ1n) is 6.28. The lowest BCUT2D eigenvalue weighted by atomic mass is 10.0. The number of benzene rings is 2. The van der Waals surface area contributed by atoms with Crippen molar-refractivity contribution in [2.45, 2.75) is 13.5 Å². The summed E-state index contributed by atoms with van der Waals surface area (Å²) in [5, 5.41) is 18.5. The topological polar surface area (TPSA) is 70.3 Å². The molecule has 0 saturated heterocycles. The van der Waals surface area contributed by atoms with Crippen molar-refractivity contribution in [1.29, 1.82) is 0 Å². The lowest BCUT2D eigenvalue weighted by Crippen LogP contribution is -2.24. The van der Waals surface area contributed by atoms with E-state index in [1.165, 1.54) is 0 Å². The van der Waals surface area contributed by atoms with Crippen LogP contribution < -0.4 is 16.4 Å². The van der Waals surface area contributed by atoms with E-state index >= 15 is 0 Å². The lowest BCUT2D eigenvalue weighted by molar-refractivity contribution is 0.468. The first-order valence-corrected chi connectivity index (χ1v) is 6.28. The summed E-state index contributed by atoms with van der Waals surface area (Å²) in [7, 11) is 0. The SMILES string of the molecule is C/C=C\NCNCc1c(O)c(N)cc2ccccc12. The Morgan fingerprint density at radius 2 is 2.11 bits per heavy atom. The molecule has 100 valence electrons. The monoisotopic (exact) mass is 257 g/mol. The van der Waals surface area contributed by atoms with Crippen LogP contribution in [0, 0.1) is 0 Å². The quantitative estimate of drug-likeness (QED) is 0.287. The fraction of sp³-hybridized carbons (Fsp3) is 0.200. The number of phenols is 1. The van der Waals surface area contributed by atoms with Gasteiger partial charge in [0, 0.05) is 12.1 Å². The van der Waals surface area contributed by atoms with Gasteiger partial charge in [0.1, 0.15) is 5.75 Å². The van der Waals surface area contributed by atoms with Crippen LogP contribution in [0.1, 0.15) is 12.5 Å². The third-order valence-corrected chi connectivity index (χ3v) is 2.97. The van der Waals surface area contributed by atoms with E-state index in [1.54, 1.807) is 6.07 Å². The summed E-state index contributed by atoms with van der Waals surface area (Å²) in [6.45, 7) is 3.14. The number of hydrogen-bond donors (Lipinski definition) is 4. The minimum atomic E-state index is 0.164. The molecule has 0 aliphatic heterocycles. The van der Waals surface area contributed by atoms with Gasteiger partial charge in [0.05, 0.1) is 12.4 Å². The van der Waals surface area contributed by atoms with E-state index in [0.29, 0.717) is 18.9 Å². The molecule has 4 nitrogen and oxygen atoms in total. The zero-order chi connectivity index (χ0) is 13.7. The highest BCUT2D eigenvalue weighted by molar-refractivity contribution is 5.91. The van der Waals surface area contributed by atoms with E-state index < -0.39 is 0 Å². The van der Waals surface area contributed by atoms with Crippen molar-refractivity contribution < 1.29 is 5.11 Å². The van der Waals surface area contributed by atoms with Gasteiger partial charge in [-0.05, 0) is 30.0 Å². The molecule has 0 bridgehead atoms. The van der Waals surface area contributed by atoms with E-state index in [1.807, 2.05) is 43.5 Å². The number of nitrogens with one attached hydrogen (secondary N) is 2. The number of nitrogen functional groups attached to an aromatic ring is 1. The zero-order valence-corrected chi connectivity index (χ0v) is 11.0. The number of allylic oxidation sites excluding steroid dienone is 1.